The quantitative estimate of drug-likeness (QED) is 0.855. The fourth-order valence-electron chi connectivity index (χ4n) is 3.60. The van der Waals surface area contributed by atoms with E-state index in [0.29, 0.717) is 18.4 Å². The molecule has 0 atom stereocenters. The number of hydrogen-bond acceptors (Lipinski definition) is 5. The van der Waals surface area contributed by atoms with Crippen LogP contribution in [0.2, 0.25) is 0 Å². The molecule has 1 aliphatic heterocycles. The number of anilines is 1. The van der Waals surface area contributed by atoms with E-state index in [9.17, 15) is 9.18 Å². The van der Waals surface area contributed by atoms with Gasteiger partial charge in [-0.1, -0.05) is 0 Å². The number of piperidine rings is 1. The van der Waals surface area contributed by atoms with Crippen molar-refractivity contribution in [2.45, 2.75) is 38.6 Å². The topological polar surface area (TPSA) is 63.9 Å². The molecule has 1 saturated heterocycles. The number of aryl methyl sites for hydroxylation is 2. The van der Waals surface area contributed by atoms with Gasteiger partial charge in [-0.05, 0) is 43.6 Å². The highest BCUT2D eigenvalue weighted by Gasteiger charge is 2.23. The average molecular weight is 329 g/mol. The Kier molecular flexibility index (Phi) is 4.00. The third-order valence-electron chi connectivity index (χ3n) is 4.96. The Morgan fingerprint density at radius 2 is 1.92 bits per heavy atom. The third-order valence-corrected chi connectivity index (χ3v) is 4.96. The molecule has 2 aliphatic rings. The van der Waals surface area contributed by atoms with E-state index in [0.717, 1.165) is 56.5 Å². The van der Waals surface area contributed by atoms with E-state index >= 15 is 0 Å². The van der Waals surface area contributed by atoms with E-state index in [-0.39, 0.29) is 5.56 Å². The van der Waals surface area contributed by atoms with Crippen LogP contribution in [0.4, 0.5) is 10.3 Å². The van der Waals surface area contributed by atoms with Crippen molar-refractivity contribution in [1.29, 1.82) is 0 Å². The molecule has 2 aromatic heterocycles. The fraction of sp³-hybridized carbons (Fsp3) is 0.529. The van der Waals surface area contributed by atoms with Crippen molar-refractivity contribution in [2.24, 2.45) is 5.92 Å². The Morgan fingerprint density at radius 3 is 2.67 bits per heavy atom. The van der Waals surface area contributed by atoms with Crippen molar-refractivity contribution in [3.63, 3.8) is 0 Å². The van der Waals surface area contributed by atoms with Gasteiger partial charge in [0, 0.05) is 25.7 Å². The van der Waals surface area contributed by atoms with Crippen molar-refractivity contribution >= 4 is 5.95 Å². The first kappa shape index (κ1) is 15.2. The lowest BCUT2D eigenvalue weighted by Crippen LogP contribution is -2.37. The van der Waals surface area contributed by atoms with Crippen LogP contribution in [0.5, 0.6) is 0 Å². The monoisotopic (exact) mass is 329 g/mol. The van der Waals surface area contributed by atoms with E-state index in [1.54, 1.807) is 10.7 Å². The molecule has 0 amide bonds. The predicted molar refractivity (Wildman–Crippen MR) is 87.4 cm³/mol. The van der Waals surface area contributed by atoms with Crippen LogP contribution < -0.4 is 10.5 Å². The van der Waals surface area contributed by atoms with Gasteiger partial charge in [-0.15, -0.1) is 0 Å². The fourth-order valence-corrected chi connectivity index (χ4v) is 3.60. The van der Waals surface area contributed by atoms with E-state index in [1.165, 1.54) is 12.4 Å². The zero-order valence-corrected chi connectivity index (χ0v) is 13.5. The van der Waals surface area contributed by atoms with Crippen LogP contribution in [0.1, 0.15) is 30.5 Å². The van der Waals surface area contributed by atoms with Gasteiger partial charge in [-0.2, -0.15) is 5.10 Å². The number of nitrogens with zero attached hydrogens (tertiary/aromatic N) is 5. The molecule has 1 aliphatic carbocycles. The van der Waals surface area contributed by atoms with Gasteiger partial charge in [-0.25, -0.2) is 19.0 Å². The Labute approximate surface area is 139 Å². The summed E-state index contributed by atoms with van der Waals surface area (Å²) in [7, 11) is 0. The molecule has 0 spiro atoms. The second kappa shape index (κ2) is 6.30. The summed E-state index contributed by atoms with van der Waals surface area (Å²) in [6.45, 7) is 2.30. The van der Waals surface area contributed by atoms with E-state index in [4.69, 9.17) is 0 Å². The van der Waals surface area contributed by atoms with Gasteiger partial charge in [0.1, 0.15) is 0 Å². The molecule has 7 heteroatoms. The Hall–Kier alpha value is -2.31. The van der Waals surface area contributed by atoms with Crippen LogP contribution >= 0.6 is 0 Å². The number of fused-ring (bicyclic) bond motifs is 1. The SMILES string of the molecule is O=c1cc2c(nn1CC1CCN(c3ncc(F)cn3)CC1)CCC2. The molecule has 0 N–H and O–H groups in total. The predicted octanol–water partition coefficient (Wildman–Crippen LogP) is 1.58. The first-order valence-electron chi connectivity index (χ1n) is 8.51. The molecule has 0 aromatic carbocycles. The van der Waals surface area contributed by atoms with Gasteiger partial charge in [0.05, 0.1) is 18.1 Å². The minimum Gasteiger partial charge on any atom is -0.341 e. The van der Waals surface area contributed by atoms with Gasteiger partial charge >= 0.3 is 0 Å². The van der Waals surface area contributed by atoms with Crippen molar-refractivity contribution < 1.29 is 4.39 Å². The lowest BCUT2D eigenvalue weighted by molar-refractivity contribution is 0.332. The molecular weight excluding hydrogens is 309 g/mol. The van der Waals surface area contributed by atoms with Gasteiger partial charge in [0.15, 0.2) is 5.82 Å². The van der Waals surface area contributed by atoms with Crippen molar-refractivity contribution in [2.75, 3.05) is 18.0 Å². The molecule has 0 saturated carbocycles. The van der Waals surface area contributed by atoms with Gasteiger partial charge in [-0.3, -0.25) is 4.79 Å². The summed E-state index contributed by atoms with van der Waals surface area (Å²) < 4.78 is 14.5. The normalized spacial score (nSPS) is 18.0. The smallest absolute Gasteiger partial charge is 0.267 e. The lowest BCUT2D eigenvalue weighted by Gasteiger charge is -2.31. The van der Waals surface area contributed by atoms with Crippen LogP contribution in [-0.2, 0) is 19.4 Å². The maximum atomic E-state index is 12.9. The zero-order valence-electron chi connectivity index (χ0n) is 13.5. The molecule has 24 heavy (non-hydrogen) atoms. The molecule has 0 bridgehead atoms. The van der Waals surface area contributed by atoms with Crippen LogP contribution in [0, 0.1) is 11.7 Å². The van der Waals surface area contributed by atoms with Crippen molar-refractivity contribution in [3.8, 4) is 0 Å². The van der Waals surface area contributed by atoms with E-state index in [1.807, 2.05) is 0 Å². The molecule has 4 rings (SSSR count). The highest BCUT2D eigenvalue weighted by molar-refractivity contribution is 5.29. The third kappa shape index (κ3) is 3.02. The van der Waals surface area contributed by atoms with Gasteiger partial charge in [0.25, 0.3) is 5.56 Å². The molecule has 6 nitrogen and oxygen atoms in total. The van der Waals surface area contributed by atoms with E-state index in [2.05, 4.69) is 20.0 Å². The number of hydrogen-bond donors (Lipinski definition) is 0. The summed E-state index contributed by atoms with van der Waals surface area (Å²) in [6.07, 6.45) is 7.36. The van der Waals surface area contributed by atoms with Crippen LogP contribution in [0.15, 0.2) is 23.3 Å². The highest BCUT2D eigenvalue weighted by Crippen LogP contribution is 2.22. The Bertz CT molecular complexity index is 781. The Balaban J connectivity index is 1.40. The average Bonchev–Trinajstić information content (AvgIpc) is 3.04. The second-order valence-electron chi connectivity index (χ2n) is 6.62. The molecule has 1 fully saturated rings. The zero-order chi connectivity index (χ0) is 16.5. The molecule has 126 valence electrons. The van der Waals surface area contributed by atoms with Gasteiger partial charge in [0.2, 0.25) is 5.95 Å². The maximum absolute atomic E-state index is 12.9. The van der Waals surface area contributed by atoms with Crippen molar-refractivity contribution in [3.05, 3.63) is 45.9 Å². The molecule has 0 radical (unpaired) electrons. The standard InChI is InChI=1S/C17H20FN5O/c18-14-9-19-17(20-10-14)22-6-4-12(5-7-22)11-23-16(24)8-13-2-1-3-15(13)21-23/h8-10,12H,1-7,11H2. The molecule has 2 aromatic rings. The van der Waals surface area contributed by atoms with Crippen LogP contribution in [0.3, 0.4) is 0 Å². The van der Waals surface area contributed by atoms with E-state index < -0.39 is 5.82 Å². The van der Waals surface area contributed by atoms with Crippen LogP contribution in [-0.4, -0.2) is 32.8 Å². The highest BCUT2D eigenvalue weighted by atomic mass is 19.1. The minimum atomic E-state index is -0.421. The van der Waals surface area contributed by atoms with Gasteiger partial charge < -0.3 is 4.90 Å². The second-order valence-corrected chi connectivity index (χ2v) is 6.62. The maximum Gasteiger partial charge on any atom is 0.267 e. The molecule has 0 unspecified atom stereocenters. The summed E-state index contributed by atoms with van der Waals surface area (Å²) in [5, 5.41) is 4.56. The largest absolute Gasteiger partial charge is 0.341 e. The first-order chi connectivity index (χ1) is 11.7. The summed E-state index contributed by atoms with van der Waals surface area (Å²) in [5.74, 6) is 0.574. The summed E-state index contributed by atoms with van der Waals surface area (Å²) in [6, 6.07) is 1.76. The molecule has 3 heterocycles. The lowest BCUT2D eigenvalue weighted by atomic mass is 9.97. The number of aromatic nitrogens is 4. The summed E-state index contributed by atoms with van der Waals surface area (Å²) in [5.41, 5.74) is 2.23. The Morgan fingerprint density at radius 1 is 1.17 bits per heavy atom. The van der Waals surface area contributed by atoms with Crippen LogP contribution in [0.25, 0.3) is 0 Å². The molecular formula is C17H20FN5O. The number of halogens is 1. The first-order valence-corrected chi connectivity index (χ1v) is 8.51. The minimum absolute atomic E-state index is 0.0138. The number of rotatable bonds is 3. The summed E-state index contributed by atoms with van der Waals surface area (Å²) in [4.78, 5) is 22.3. The van der Waals surface area contributed by atoms with Crippen molar-refractivity contribution in [1.82, 2.24) is 19.7 Å². The summed E-state index contributed by atoms with van der Waals surface area (Å²) >= 11 is 0.